The molecule has 0 saturated carbocycles. The molecule has 1 heterocycles. The number of carbonyl (C=O) groups is 1. The standard InChI is InChI=1S/C8H6N2O3/c9-4-1-5(8(11)12)7-6(2-4)10-3-13-7/h1-3H,9H2,(H,11,12). The minimum absolute atomic E-state index is 0.0347. The second kappa shape index (κ2) is 2.48. The summed E-state index contributed by atoms with van der Waals surface area (Å²) < 4.78 is 4.92. The number of nitrogens with two attached hydrogens (primary N) is 1. The Hall–Kier alpha value is -2.04. The fraction of sp³-hybridized carbons (Fsp3) is 0. The van der Waals surface area contributed by atoms with Crippen molar-refractivity contribution in [2.24, 2.45) is 0 Å². The molecule has 3 N–H and O–H groups in total. The van der Waals surface area contributed by atoms with E-state index < -0.39 is 5.97 Å². The van der Waals surface area contributed by atoms with Gasteiger partial charge in [-0.2, -0.15) is 0 Å². The van der Waals surface area contributed by atoms with Crippen molar-refractivity contribution in [2.75, 3.05) is 5.73 Å². The van der Waals surface area contributed by atoms with Crippen LogP contribution in [0.1, 0.15) is 10.4 Å². The summed E-state index contributed by atoms with van der Waals surface area (Å²) in [6, 6.07) is 2.90. The lowest BCUT2D eigenvalue weighted by atomic mass is 10.2. The third kappa shape index (κ3) is 1.10. The van der Waals surface area contributed by atoms with Crippen molar-refractivity contribution in [3.8, 4) is 0 Å². The van der Waals surface area contributed by atoms with E-state index in [2.05, 4.69) is 4.98 Å². The fourth-order valence-electron chi connectivity index (χ4n) is 1.15. The SMILES string of the molecule is Nc1cc(C(=O)O)c2ocnc2c1. The number of hydrogen-bond acceptors (Lipinski definition) is 4. The number of hydrogen-bond donors (Lipinski definition) is 2. The van der Waals surface area contributed by atoms with Crippen LogP contribution in [-0.4, -0.2) is 16.1 Å². The lowest BCUT2D eigenvalue weighted by molar-refractivity contribution is 0.0698. The highest BCUT2D eigenvalue weighted by Gasteiger charge is 2.12. The van der Waals surface area contributed by atoms with E-state index in [0.29, 0.717) is 11.2 Å². The molecule has 1 aromatic heterocycles. The Morgan fingerprint density at radius 3 is 3.00 bits per heavy atom. The Kier molecular flexibility index (Phi) is 1.45. The first-order chi connectivity index (χ1) is 6.18. The minimum atomic E-state index is -1.07. The summed E-state index contributed by atoms with van der Waals surface area (Å²) >= 11 is 0. The summed E-state index contributed by atoms with van der Waals surface area (Å²) in [6.07, 6.45) is 1.19. The minimum Gasteiger partial charge on any atom is -0.478 e. The maximum absolute atomic E-state index is 10.7. The predicted octanol–water partition coefficient (Wildman–Crippen LogP) is 1.11. The molecule has 0 unspecified atom stereocenters. The first kappa shape index (κ1) is 7.60. The lowest BCUT2D eigenvalue weighted by Crippen LogP contribution is -1.98. The molecule has 0 aliphatic carbocycles. The van der Waals surface area contributed by atoms with Crippen LogP contribution >= 0.6 is 0 Å². The number of nitrogen functional groups attached to an aromatic ring is 1. The maximum atomic E-state index is 10.7. The van der Waals surface area contributed by atoms with E-state index in [1.54, 1.807) is 6.07 Å². The van der Waals surface area contributed by atoms with Crippen molar-refractivity contribution in [3.63, 3.8) is 0 Å². The predicted molar refractivity (Wildman–Crippen MR) is 45.4 cm³/mol. The molecule has 0 bridgehead atoms. The molecule has 5 heteroatoms. The van der Waals surface area contributed by atoms with E-state index in [1.165, 1.54) is 12.5 Å². The molecular formula is C8H6N2O3. The number of aromatic carboxylic acids is 1. The molecule has 0 atom stereocenters. The molecule has 0 fully saturated rings. The van der Waals surface area contributed by atoms with Gasteiger partial charge < -0.3 is 15.3 Å². The molecule has 2 rings (SSSR count). The molecule has 5 nitrogen and oxygen atoms in total. The Morgan fingerprint density at radius 1 is 1.54 bits per heavy atom. The van der Waals surface area contributed by atoms with Crippen molar-refractivity contribution in [1.82, 2.24) is 4.98 Å². The summed E-state index contributed by atoms with van der Waals surface area (Å²) in [7, 11) is 0. The fourth-order valence-corrected chi connectivity index (χ4v) is 1.15. The highest BCUT2D eigenvalue weighted by Crippen LogP contribution is 2.21. The number of carboxylic acids is 1. The van der Waals surface area contributed by atoms with Crippen LogP contribution in [0.2, 0.25) is 0 Å². The second-order valence-electron chi connectivity index (χ2n) is 2.57. The van der Waals surface area contributed by atoms with Gasteiger partial charge in [0.2, 0.25) is 0 Å². The van der Waals surface area contributed by atoms with Crippen LogP contribution in [-0.2, 0) is 0 Å². The lowest BCUT2D eigenvalue weighted by Gasteiger charge is -1.96. The summed E-state index contributed by atoms with van der Waals surface area (Å²) in [5.74, 6) is -1.07. The molecule has 0 aliphatic heterocycles. The summed E-state index contributed by atoms with van der Waals surface area (Å²) in [5, 5.41) is 8.78. The average Bonchev–Trinajstić information content (AvgIpc) is 2.49. The number of anilines is 1. The largest absolute Gasteiger partial charge is 0.478 e. The Labute approximate surface area is 72.8 Å². The van der Waals surface area contributed by atoms with Gasteiger partial charge in [-0.25, -0.2) is 9.78 Å². The van der Waals surface area contributed by atoms with E-state index >= 15 is 0 Å². The summed E-state index contributed by atoms with van der Waals surface area (Å²) in [4.78, 5) is 14.5. The Morgan fingerprint density at radius 2 is 2.31 bits per heavy atom. The number of aromatic nitrogens is 1. The first-order valence-corrected chi connectivity index (χ1v) is 3.54. The Bertz CT molecular complexity index is 475. The number of nitrogens with zero attached hydrogens (tertiary/aromatic N) is 1. The van der Waals surface area contributed by atoms with Gasteiger partial charge in [0.15, 0.2) is 12.0 Å². The number of rotatable bonds is 1. The highest BCUT2D eigenvalue weighted by molar-refractivity contribution is 6.01. The molecule has 0 aliphatic rings. The average molecular weight is 178 g/mol. The third-order valence-corrected chi connectivity index (χ3v) is 1.68. The molecule has 0 saturated heterocycles. The van der Waals surface area contributed by atoms with Gasteiger partial charge in [-0.15, -0.1) is 0 Å². The van der Waals surface area contributed by atoms with Gasteiger partial charge >= 0.3 is 5.97 Å². The molecule has 0 amide bonds. The quantitative estimate of drug-likeness (QED) is 0.638. The van der Waals surface area contributed by atoms with Gasteiger partial charge in [0.25, 0.3) is 0 Å². The van der Waals surface area contributed by atoms with Crippen LogP contribution in [0, 0.1) is 0 Å². The van der Waals surface area contributed by atoms with Crippen LogP contribution in [0.4, 0.5) is 5.69 Å². The van der Waals surface area contributed by atoms with Crippen molar-refractivity contribution < 1.29 is 14.3 Å². The third-order valence-electron chi connectivity index (χ3n) is 1.68. The van der Waals surface area contributed by atoms with Gasteiger partial charge in [0, 0.05) is 5.69 Å². The van der Waals surface area contributed by atoms with E-state index in [0.717, 1.165) is 0 Å². The molecule has 1 aromatic carbocycles. The van der Waals surface area contributed by atoms with Crippen molar-refractivity contribution >= 4 is 22.8 Å². The van der Waals surface area contributed by atoms with E-state index in [9.17, 15) is 4.79 Å². The first-order valence-electron chi connectivity index (χ1n) is 3.54. The molecule has 0 radical (unpaired) electrons. The monoisotopic (exact) mass is 178 g/mol. The number of oxazole rings is 1. The van der Waals surface area contributed by atoms with E-state index in [-0.39, 0.29) is 11.1 Å². The maximum Gasteiger partial charge on any atom is 0.339 e. The normalized spacial score (nSPS) is 10.5. The molecular weight excluding hydrogens is 172 g/mol. The van der Waals surface area contributed by atoms with Crippen LogP contribution < -0.4 is 5.73 Å². The zero-order valence-corrected chi connectivity index (χ0v) is 6.52. The van der Waals surface area contributed by atoms with E-state index in [1.807, 2.05) is 0 Å². The zero-order valence-electron chi connectivity index (χ0n) is 6.52. The van der Waals surface area contributed by atoms with Crippen LogP contribution in [0.3, 0.4) is 0 Å². The van der Waals surface area contributed by atoms with Crippen LogP contribution in [0.25, 0.3) is 11.1 Å². The van der Waals surface area contributed by atoms with Gasteiger partial charge in [-0.1, -0.05) is 0 Å². The van der Waals surface area contributed by atoms with Crippen molar-refractivity contribution in [1.29, 1.82) is 0 Å². The van der Waals surface area contributed by atoms with Crippen LogP contribution in [0.5, 0.6) is 0 Å². The summed E-state index contributed by atoms with van der Waals surface area (Å²) in [5.41, 5.74) is 6.58. The molecule has 0 spiro atoms. The van der Waals surface area contributed by atoms with Gasteiger partial charge in [0.1, 0.15) is 11.1 Å². The molecule has 66 valence electrons. The molecule has 2 aromatic rings. The smallest absolute Gasteiger partial charge is 0.339 e. The van der Waals surface area contributed by atoms with Gasteiger partial charge in [-0.05, 0) is 12.1 Å². The van der Waals surface area contributed by atoms with Crippen molar-refractivity contribution in [3.05, 3.63) is 24.1 Å². The Balaban J connectivity index is 2.84. The molecule has 13 heavy (non-hydrogen) atoms. The second-order valence-corrected chi connectivity index (χ2v) is 2.57. The number of fused-ring (bicyclic) bond motifs is 1. The topological polar surface area (TPSA) is 89.4 Å². The number of benzene rings is 1. The van der Waals surface area contributed by atoms with Crippen LogP contribution in [0.15, 0.2) is 22.9 Å². The van der Waals surface area contributed by atoms with E-state index in [4.69, 9.17) is 15.3 Å². The van der Waals surface area contributed by atoms with Gasteiger partial charge in [0.05, 0.1) is 0 Å². The van der Waals surface area contributed by atoms with Crippen molar-refractivity contribution in [2.45, 2.75) is 0 Å². The number of carboxylic acid groups (broad SMARTS) is 1. The van der Waals surface area contributed by atoms with Gasteiger partial charge in [-0.3, -0.25) is 0 Å². The highest BCUT2D eigenvalue weighted by atomic mass is 16.4. The summed E-state index contributed by atoms with van der Waals surface area (Å²) in [6.45, 7) is 0. The zero-order chi connectivity index (χ0) is 9.42.